The number of benzene rings is 1. The molecule has 2 saturated heterocycles. The molecule has 0 aliphatic carbocycles. The molecule has 3 aliphatic heterocycles. The maximum atomic E-state index is 13.1. The summed E-state index contributed by atoms with van der Waals surface area (Å²) in [6.07, 6.45) is 4.12. The van der Waals surface area contributed by atoms with E-state index in [-0.39, 0.29) is 29.4 Å². The Bertz CT molecular complexity index is 1020. The van der Waals surface area contributed by atoms with Gasteiger partial charge in [0.1, 0.15) is 13.2 Å². The Morgan fingerprint density at radius 1 is 0.788 bits per heavy atom. The molecule has 1 aromatic carbocycles. The first-order chi connectivity index (χ1) is 16.1. The fourth-order valence-corrected chi connectivity index (χ4v) is 4.94. The van der Waals surface area contributed by atoms with E-state index in [2.05, 4.69) is 0 Å². The predicted molar refractivity (Wildman–Crippen MR) is 118 cm³/mol. The van der Waals surface area contributed by atoms with Crippen LogP contribution < -0.4 is 9.47 Å². The molecule has 33 heavy (non-hydrogen) atoms. The Kier molecular flexibility index (Phi) is 6.07. The highest BCUT2D eigenvalue weighted by Gasteiger charge is 2.34. The molecular weight excluding hydrogens is 424 g/mol. The van der Waals surface area contributed by atoms with Crippen LogP contribution in [-0.4, -0.2) is 66.8 Å². The van der Waals surface area contributed by atoms with Crippen molar-refractivity contribution < 1.29 is 28.3 Å². The van der Waals surface area contributed by atoms with Crippen LogP contribution in [-0.2, 0) is 4.79 Å². The van der Waals surface area contributed by atoms with Crippen LogP contribution in [0.25, 0.3) is 0 Å². The molecular formula is C25H28N2O6. The van der Waals surface area contributed by atoms with Gasteiger partial charge in [-0.05, 0) is 56.0 Å². The molecule has 2 fully saturated rings. The Labute approximate surface area is 192 Å². The summed E-state index contributed by atoms with van der Waals surface area (Å²) in [6, 6.07) is 8.72. The van der Waals surface area contributed by atoms with Gasteiger partial charge in [-0.3, -0.25) is 14.4 Å². The van der Waals surface area contributed by atoms with E-state index in [1.165, 1.54) is 6.26 Å². The second-order valence-corrected chi connectivity index (χ2v) is 8.87. The number of piperidine rings is 2. The van der Waals surface area contributed by atoms with Crippen molar-refractivity contribution in [3.63, 3.8) is 0 Å². The highest BCUT2D eigenvalue weighted by atomic mass is 16.6. The summed E-state index contributed by atoms with van der Waals surface area (Å²) < 4.78 is 16.3. The zero-order valence-corrected chi connectivity index (χ0v) is 18.5. The molecule has 8 nitrogen and oxygen atoms in total. The van der Waals surface area contributed by atoms with Gasteiger partial charge < -0.3 is 23.7 Å². The summed E-state index contributed by atoms with van der Waals surface area (Å²) in [5, 5.41) is 0. The monoisotopic (exact) mass is 452 g/mol. The van der Waals surface area contributed by atoms with E-state index in [1.54, 1.807) is 35.2 Å². The molecule has 174 valence electrons. The van der Waals surface area contributed by atoms with Gasteiger partial charge >= 0.3 is 0 Å². The first-order valence-corrected chi connectivity index (χ1v) is 11.7. The van der Waals surface area contributed by atoms with E-state index in [0.29, 0.717) is 87.9 Å². The van der Waals surface area contributed by atoms with Gasteiger partial charge in [0.15, 0.2) is 23.0 Å². The van der Waals surface area contributed by atoms with Gasteiger partial charge in [0.25, 0.3) is 5.91 Å². The normalized spacial score (nSPS) is 19.4. The van der Waals surface area contributed by atoms with Gasteiger partial charge in [-0.15, -0.1) is 0 Å². The van der Waals surface area contributed by atoms with Crippen molar-refractivity contribution >= 4 is 17.6 Å². The number of fused-ring (bicyclic) bond motifs is 1. The first-order valence-electron chi connectivity index (χ1n) is 11.7. The van der Waals surface area contributed by atoms with Crippen molar-refractivity contribution in [3.8, 4) is 11.5 Å². The lowest BCUT2D eigenvalue weighted by atomic mass is 9.87. The number of carbonyl (C=O) groups is 3. The van der Waals surface area contributed by atoms with Crippen LogP contribution in [0, 0.1) is 11.8 Å². The maximum absolute atomic E-state index is 13.1. The fraction of sp³-hybridized carbons (Fsp3) is 0.480. The van der Waals surface area contributed by atoms with E-state index in [4.69, 9.17) is 13.9 Å². The number of rotatable bonds is 4. The molecule has 0 bridgehead atoms. The van der Waals surface area contributed by atoms with Crippen molar-refractivity contribution in [1.29, 1.82) is 0 Å². The van der Waals surface area contributed by atoms with Crippen LogP contribution in [0.2, 0.25) is 0 Å². The lowest BCUT2D eigenvalue weighted by Crippen LogP contribution is -2.47. The fourth-order valence-electron chi connectivity index (χ4n) is 4.94. The van der Waals surface area contributed by atoms with E-state index < -0.39 is 0 Å². The van der Waals surface area contributed by atoms with Crippen LogP contribution in [0.15, 0.2) is 41.0 Å². The minimum absolute atomic E-state index is 0.0734. The van der Waals surface area contributed by atoms with Crippen molar-refractivity contribution in [1.82, 2.24) is 9.80 Å². The van der Waals surface area contributed by atoms with Gasteiger partial charge in [0.2, 0.25) is 5.91 Å². The molecule has 5 rings (SSSR count). The molecule has 8 heteroatoms. The summed E-state index contributed by atoms with van der Waals surface area (Å²) in [5.41, 5.74) is 0.637. The average Bonchev–Trinajstić information content (AvgIpc) is 3.42. The topological polar surface area (TPSA) is 89.3 Å². The third kappa shape index (κ3) is 4.47. The number of hydrogen-bond donors (Lipinski definition) is 0. The van der Waals surface area contributed by atoms with Crippen LogP contribution >= 0.6 is 0 Å². The molecule has 2 aromatic rings. The SMILES string of the molecule is O=C(c1ccc2c(c1)OCCO2)C1CCN(C(=O)C2CCN(C(=O)c3ccco3)CC2)CC1. The number of ether oxygens (including phenoxy) is 2. The number of amides is 2. The zero-order chi connectivity index (χ0) is 22.8. The smallest absolute Gasteiger partial charge is 0.289 e. The number of hydrogen-bond acceptors (Lipinski definition) is 6. The Morgan fingerprint density at radius 3 is 2.15 bits per heavy atom. The lowest BCUT2D eigenvalue weighted by molar-refractivity contribution is -0.138. The quantitative estimate of drug-likeness (QED) is 0.663. The summed E-state index contributed by atoms with van der Waals surface area (Å²) in [4.78, 5) is 42.1. The van der Waals surface area contributed by atoms with Gasteiger partial charge in [-0.25, -0.2) is 0 Å². The predicted octanol–water partition coefficient (Wildman–Crippen LogP) is 3.02. The van der Waals surface area contributed by atoms with Gasteiger partial charge in [-0.1, -0.05) is 0 Å². The molecule has 0 N–H and O–H groups in total. The van der Waals surface area contributed by atoms with Crippen molar-refractivity contribution in [2.45, 2.75) is 25.7 Å². The Balaban J connectivity index is 1.12. The van der Waals surface area contributed by atoms with E-state index >= 15 is 0 Å². The summed E-state index contributed by atoms with van der Waals surface area (Å²) in [6.45, 7) is 3.29. The van der Waals surface area contributed by atoms with Crippen molar-refractivity contribution in [3.05, 3.63) is 47.9 Å². The van der Waals surface area contributed by atoms with E-state index in [0.717, 1.165) is 0 Å². The Morgan fingerprint density at radius 2 is 1.45 bits per heavy atom. The maximum Gasteiger partial charge on any atom is 0.289 e. The van der Waals surface area contributed by atoms with Gasteiger partial charge in [-0.2, -0.15) is 0 Å². The second kappa shape index (κ2) is 9.29. The van der Waals surface area contributed by atoms with Crippen LogP contribution in [0.5, 0.6) is 11.5 Å². The summed E-state index contributed by atoms with van der Waals surface area (Å²) in [5.74, 6) is 1.59. The average molecular weight is 453 g/mol. The second-order valence-electron chi connectivity index (χ2n) is 8.87. The highest BCUT2D eigenvalue weighted by Crippen LogP contribution is 2.33. The third-order valence-electron chi connectivity index (χ3n) is 6.87. The minimum atomic E-state index is -0.121. The molecule has 0 spiro atoms. The number of carbonyl (C=O) groups excluding carboxylic acids is 3. The summed E-state index contributed by atoms with van der Waals surface area (Å²) in [7, 11) is 0. The number of nitrogens with zero attached hydrogens (tertiary/aromatic N) is 2. The zero-order valence-electron chi connectivity index (χ0n) is 18.5. The van der Waals surface area contributed by atoms with E-state index in [1.807, 2.05) is 4.90 Å². The highest BCUT2D eigenvalue weighted by molar-refractivity contribution is 5.98. The lowest BCUT2D eigenvalue weighted by Gasteiger charge is -2.37. The number of likely N-dealkylation sites (tertiary alicyclic amines) is 2. The van der Waals surface area contributed by atoms with Crippen molar-refractivity contribution in [2.75, 3.05) is 39.4 Å². The molecule has 4 heterocycles. The van der Waals surface area contributed by atoms with Crippen LogP contribution in [0.4, 0.5) is 0 Å². The molecule has 3 aliphatic rings. The molecule has 2 amide bonds. The number of furan rings is 1. The van der Waals surface area contributed by atoms with Crippen LogP contribution in [0.3, 0.4) is 0 Å². The first kappa shape index (κ1) is 21.6. The molecule has 0 radical (unpaired) electrons. The van der Waals surface area contributed by atoms with Gasteiger partial charge in [0.05, 0.1) is 6.26 Å². The standard InChI is InChI=1S/C25H28N2O6/c28-23(19-3-4-20-22(16-19)33-15-14-32-20)17-5-9-26(10-6-17)24(29)18-7-11-27(12-8-18)25(30)21-2-1-13-31-21/h1-4,13,16-18H,5-12,14-15H2. The third-order valence-corrected chi connectivity index (χ3v) is 6.87. The van der Waals surface area contributed by atoms with Crippen molar-refractivity contribution in [2.24, 2.45) is 11.8 Å². The molecule has 1 aromatic heterocycles. The number of Topliss-reactive ketones (excluding diaryl/α,β-unsaturated/α-hetero) is 1. The summed E-state index contributed by atoms with van der Waals surface area (Å²) >= 11 is 0. The van der Waals surface area contributed by atoms with E-state index in [9.17, 15) is 14.4 Å². The largest absolute Gasteiger partial charge is 0.486 e. The van der Waals surface area contributed by atoms with Gasteiger partial charge in [0, 0.05) is 43.6 Å². The number of ketones is 1. The van der Waals surface area contributed by atoms with Crippen LogP contribution in [0.1, 0.15) is 46.6 Å². The molecule has 0 unspecified atom stereocenters. The molecule has 0 saturated carbocycles. The molecule has 0 atom stereocenters. The minimum Gasteiger partial charge on any atom is -0.486 e. The Hall–Kier alpha value is -3.29.